The molecule has 0 saturated carbocycles. The van der Waals surface area contributed by atoms with Gasteiger partial charge in [-0.1, -0.05) is 34.1 Å². The van der Waals surface area contributed by atoms with E-state index in [0.29, 0.717) is 5.88 Å². The Hall–Kier alpha value is -0.0500. The maximum Gasteiger partial charge on any atom is 0.0351 e. The molecule has 0 saturated heterocycles. The topological polar surface area (TPSA) is 3.24 Å². The average molecular weight is 263 g/mol. The van der Waals surface area contributed by atoms with Crippen molar-refractivity contribution in [3.8, 4) is 0 Å². The van der Waals surface area contributed by atoms with Crippen LogP contribution in [0.25, 0.3) is 0 Å². The van der Waals surface area contributed by atoms with E-state index in [9.17, 15) is 0 Å². The molecule has 0 amide bonds. The summed E-state index contributed by atoms with van der Waals surface area (Å²) in [6.07, 6.45) is 0. The van der Waals surface area contributed by atoms with Crippen molar-refractivity contribution < 1.29 is 0 Å². The fourth-order valence-corrected chi connectivity index (χ4v) is 1.84. The first-order valence-electron chi connectivity index (χ1n) is 4.22. The number of halogens is 2. The summed E-state index contributed by atoms with van der Waals surface area (Å²) < 4.78 is 1.16. The highest BCUT2D eigenvalue weighted by Crippen LogP contribution is 2.16. The second-order valence-corrected chi connectivity index (χ2v) is 4.25. The van der Waals surface area contributed by atoms with Gasteiger partial charge in [-0.05, 0) is 18.7 Å². The Morgan fingerprint density at radius 3 is 2.69 bits per heavy atom. The fourth-order valence-electron chi connectivity index (χ4n) is 1.14. The Morgan fingerprint density at radius 1 is 1.38 bits per heavy atom. The van der Waals surface area contributed by atoms with Gasteiger partial charge < -0.3 is 4.90 Å². The summed E-state index contributed by atoms with van der Waals surface area (Å²) >= 11 is 9.17. The van der Waals surface area contributed by atoms with Gasteiger partial charge in [-0.3, -0.25) is 0 Å². The fraction of sp³-hybridized carbons (Fsp3) is 0.400. The Morgan fingerprint density at radius 2 is 2.08 bits per heavy atom. The summed E-state index contributed by atoms with van der Waals surface area (Å²) in [5, 5.41) is 0. The van der Waals surface area contributed by atoms with Crippen LogP contribution in [0.4, 0.5) is 0 Å². The number of alkyl halides is 1. The van der Waals surface area contributed by atoms with Crippen LogP contribution in [0.15, 0.2) is 28.7 Å². The summed E-state index contributed by atoms with van der Waals surface area (Å²) in [5.74, 6) is 0.682. The van der Waals surface area contributed by atoms with Crippen LogP contribution < -0.4 is 0 Å². The maximum atomic E-state index is 5.65. The third-order valence-corrected chi connectivity index (χ3v) is 2.81. The lowest BCUT2D eigenvalue weighted by atomic mass is 10.2. The van der Waals surface area contributed by atoms with Gasteiger partial charge in [-0.2, -0.15) is 0 Å². The molecule has 1 aromatic carbocycles. The molecule has 1 nitrogen and oxygen atoms in total. The standard InChI is InChI=1S/C10H13BrClN/c1-13(7-6-12)8-9-4-2-3-5-10(9)11/h2-5H,6-8H2,1H3. The predicted molar refractivity (Wildman–Crippen MR) is 61.2 cm³/mol. The van der Waals surface area contributed by atoms with Crippen molar-refractivity contribution in [2.75, 3.05) is 19.5 Å². The first kappa shape index (κ1) is 11.0. The molecule has 0 spiro atoms. The summed E-state index contributed by atoms with van der Waals surface area (Å²) in [5.41, 5.74) is 1.30. The van der Waals surface area contributed by atoms with E-state index in [0.717, 1.165) is 17.6 Å². The minimum Gasteiger partial charge on any atom is -0.301 e. The molecule has 72 valence electrons. The van der Waals surface area contributed by atoms with Crippen molar-refractivity contribution >= 4 is 27.5 Å². The van der Waals surface area contributed by atoms with Crippen molar-refractivity contribution in [2.24, 2.45) is 0 Å². The van der Waals surface area contributed by atoms with Gasteiger partial charge in [-0.25, -0.2) is 0 Å². The molecule has 13 heavy (non-hydrogen) atoms. The van der Waals surface area contributed by atoms with E-state index in [1.165, 1.54) is 5.56 Å². The Bertz CT molecular complexity index is 265. The van der Waals surface area contributed by atoms with Crippen LogP contribution >= 0.6 is 27.5 Å². The molecule has 1 rings (SSSR count). The van der Waals surface area contributed by atoms with Gasteiger partial charge in [0.1, 0.15) is 0 Å². The number of rotatable bonds is 4. The minimum atomic E-state index is 0.682. The lowest BCUT2D eigenvalue weighted by Gasteiger charge is -2.15. The largest absolute Gasteiger partial charge is 0.301 e. The van der Waals surface area contributed by atoms with Gasteiger partial charge in [0.15, 0.2) is 0 Å². The lowest BCUT2D eigenvalue weighted by Crippen LogP contribution is -2.20. The third-order valence-electron chi connectivity index (χ3n) is 1.86. The zero-order valence-electron chi connectivity index (χ0n) is 7.63. The molecule has 0 heterocycles. The summed E-state index contributed by atoms with van der Waals surface area (Å²) in [7, 11) is 2.07. The molecule has 0 aromatic heterocycles. The van der Waals surface area contributed by atoms with Crippen LogP contribution in [0.3, 0.4) is 0 Å². The molecule has 0 aliphatic rings. The second-order valence-electron chi connectivity index (χ2n) is 3.02. The Labute approximate surface area is 92.8 Å². The van der Waals surface area contributed by atoms with Gasteiger partial charge in [0.25, 0.3) is 0 Å². The minimum absolute atomic E-state index is 0.682. The molecule has 0 aliphatic carbocycles. The molecule has 0 unspecified atom stereocenters. The highest BCUT2D eigenvalue weighted by Gasteiger charge is 2.01. The third kappa shape index (κ3) is 3.67. The molecule has 0 aliphatic heterocycles. The van der Waals surface area contributed by atoms with Crippen molar-refractivity contribution in [3.63, 3.8) is 0 Å². The SMILES string of the molecule is CN(CCCl)Cc1ccccc1Br. The predicted octanol–water partition coefficient (Wildman–Crippen LogP) is 3.12. The van der Waals surface area contributed by atoms with E-state index in [1.807, 2.05) is 6.07 Å². The first-order valence-corrected chi connectivity index (χ1v) is 5.54. The van der Waals surface area contributed by atoms with Crippen molar-refractivity contribution in [1.82, 2.24) is 4.90 Å². The smallest absolute Gasteiger partial charge is 0.0351 e. The number of nitrogens with zero attached hydrogens (tertiary/aromatic N) is 1. The molecule has 0 N–H and O–H groups in total. The van der Waals surface area contributed by atoms with E-state index in [4.69, 9.17) is 11.6 Å². The molecule has 1 aromatic rings. The van der Waals surface area contributed by atoms with Gasteiger partial charge in [-0.15, -0.1) is 11.6 Å². The number of hydrogen-bond acceptors (Lipinski definition) is 1. The molecule has 0 radical (unpaired) electrons. The Balaban J connectivity index is 2.58. The second kappa shape index (κ2) is 5.63. The highest BCUT2D eigenvalue weighted by molar-refractivity contribution is 9.10. The zero-order chi connectivity index (χ0) is 9.68. The van der Waals surface area contributed by atoms with E-state index >= 15 is 0 Å². The normalized spacial score (nSPS) is 10.8. The van der Waals surface area contributed by atoms with Gasteiger partial charge in [0.2, 0.25) is 0 Å². The molecular formula is C10H13BrClN. The molecule has 0 bridgehead atoms. The number of benzene rings is 1. The monoisotopic (exact) mass is 261 g/mol. The van der Waals surface area contributed by atoms with E-state index in [-0.39, 0.29) is 0 Å². The first-order chi connectivity index (χ1) is 6.24. The van der Waals surface area contributed by atoms with Crippen molar-refractivity contribution in [1.29, 1.82) is 0 Å². The lowest BCUT2D eigenvalue weighted by molar-refractivity contribution is 0.347. The van der Waals surface area contributed by atoms with Crippen LogP contribution in [0.5, 0.6) is 0 Å². The molecule has 3 heteroatoms. The quantitative estimate of drug-likeness (QED) is 0.754. The van der Waals surface area contributed by atoms with Crippen molar-refractivity contribution in [3.05, 3.63) is 34.3 Å². The van der Waals surface area contributed by atoms with Crippen LogP contribution in [-0.4, -0.2) is 24.4 Å². The summed E-state index contributed by atoms with van der Waals surface area (Å²) in [6, 6.07) is 8.25. The van der Waals surface area contributed by atoms with Crippen LogP contribution in [-0.2, 0) is 6.54 Å². The average Bonchev–Trinajstić information content (AvgIpc) is 2.09. The Kier molecular flexibility index (Phi) is 4.78. The van der Waals surface area contributed by atoms with E-state index in [1.54, 1.807) is 0 Å². The zero-order valence-corrected chi connectivity index (χ0v) is 9.98. The summed E-state index contributed by atoms with van der Waals surface area (Å²) in [4.78, 5) is 2.20. The molecule has 0 atom stereocenters. The van der Waals surface area contributed by atoms with Gasteiger partial charge in [0.05, 0.1) is 0 Å². The van der Waals surface area contributed by atoms with Crippen LogP contribution in [0, 0.1) is 0 Å². The molecule has 0 fully saturated rings. The van der Waals surface area contributed by atoms with Crippen molar-refractivity contribution in [2.45, 2.75) is 6.54 Å². The van der Waals surface area contributed by atoms with Crippen LogP contribution in [0.2, 0.25) is 0 Å². The van der Waals surface area contributed by atoms with E-state index in [2.05, 4.69) is 46.1 Å². The van der Waals surface area contributed by atoms with Gasteiger partial charge >= 0.3 is 0 Å². The highest BCUT2D eigenvalue weighted by atomic mass is 79.9. The van der Waals surface area contributed by atoms with E-state index < -0.39 is 0 Å². The summed E-state index contributed by atoms with van der Waals surface area (Å²) in [6.45, 7) is 1.86. The van der Waals surface area contributed by atoms with Gasteiger partial charge in [0, 0.05) is 23.4 Å². The van der Waals surface area contributed by atoms with Crippen LogP contribution in [0.1, 0.15) is 5.56 Å². The molecular weight excluding hydrogens is 249 g/mol. The maximum absolute atomic E-state index is 5.65. The number of hydrogen-bond donors (Lipinski definition) is 0.